The van der Waals surface area contributed by atoms with Gasteiger partial charge >= 0.3 is 0 Å². The fourth-order valence-corrected chi connectivity index (χ4v) is 1.54. The van der Waals surface area contributed by atoms with Gasteiger partial charge in [-0.1, -0.05) is 6.07 Å². The van der Waals surface area contributed by atoms with Crippen LogP contribution in [-0.4, -0.2) is 20.8 Å². The minimum absolute atomic E-state index is 0.164. The molecule has 1 heterocycles. The Morgan fingerprint density at radius 2 is 2.28 bits per heavy atom. The molecule has 0 aliphatic heterocycles. The highest BCUT2D eigenvalue weighted by Gasteiger charge is 2.09. The topological polar surface area (TPSA) is 67.2 Å². The second-order valence-electron chi connectivity index (χ2n) is 4.04. The van der Waals surface area contributed by atoms with Crippen LogP contribution in [-0.2, 0) is 6.54 Å². The Morgan fingerprint density at radius 3 is 2.89 bits per heavy atom. The van der Waals surface area contributed by atoms with E-state index in [1.54, 1.807) is 29.9 Å². The summed E-state index contributed by atoms with van der Waals surface area (Å²) in [6.07, 6.45) is 3.20. The largest absolute Gasteiger partial charge is 0.508 e. The quantitative estimate of drug-likeness (QED) is 0.870. The van der Waals surface area contributed by atoms with Crippen LogP contribution in [0.5, 0.6) is 5.75 Å². The molecule has 94 valence electrons. The molecule has 1 amide bonds. The Bertz CT molecular complexity index is 575. The van der Waals surface area contributed by atoms with Gasteiger partial charge in [-0.3, -0.25) is 9.48 Å². The van der Waals surface area contributed by atoms with E-state index in [1.807, 2.05) is 6.92 Å². The smallest absolute Gasteiger partial charge is 0.258 e. The Kier molecular flexibility index (Phi) is 3.32. The van der Waals surface area contributed by atoms with Crippen LogP contribution in [0.25, 0.3) is 0 Å². The number of carbonyl (C=O) groups is 1. The zero-order chi connectivity index (χ0) is 13.1. The first-order chi connectivity index (χ1) is 8.60. The van der Waals surface area contributed by atoms with Crippen LogP contribution in [0.4, 0.5) is 5.69 Å². The highest BCUT2D eigenvalue weighted by Crippen LogP contribution is 2.21. The molecule has 0 saturated carbocycles. The summed E-state index contributed by atoms with van der Waals surface area (Å²) in [4.78, 5) is 11.9. The van der Waals surface area contributed by atoms with Gasteiger partial charge in [0.2, 0.25) is 0 Å². The van der Waals surface area contributed by atoms with Gasteiger partial charge in [-0.15, -0.1) is 0 Å². The zero-order valence-corrected chi connectivity index (χ0v) is 10.3. The van der Waals surface area contributed by atoms with E-state index in [9.17, 15) is 9.90 Å². The standard InChI is InChI=1S/C13H15N3O2/c1-3-16-8-10(7-14-16)13(18)15-11-5-4-9(2)12(17)6-11/h4-8,17H,3H2,1-2H3,(H,15,18). The number of nitrogens with one attached hydrogen (secondary N) is 1. The number of nitrogens with zero attached hydrogens (tertiary/aromatic N) is 2. The predicted octanol–water partition coefficient (Wildman–Crippen LogP) is 2.17. The van der Waals surface area contributed by atoms with E-state index in [2.05, 4.69) is 10.4 Å². The first-order valence-corrected chi connectivity index (χ1v) is 5.73. The van der Waals surface area contributed by atoms with Crippen molar-refractivity contribution < 1.29 is 9.90 Å². The number of carbonyl (C=O) groups excluding carboxylic acids is 1. The lowest BCUT2D eigenvalue weighted by Crippen LogP contribution is -2.11. The number of amides is 1. The molecule has 18 heavy (non-hydrogen) atoms. The fraction of sp³-hybridized carbons (Fsp3) is 0.231. The Labute approximate surface area is 105 Å². The summed E-state index contributed by atoms with van der Waals surface area (Å²) in [5, 5.41) is 16.3. The number of aromatic hydroxyl groups is 1. The maximum atomic E-state index is 11.9. The van der Waals surface area contributed by atoms with Gasteiger partial charge in [0.05, 0.1) is 11.8 Å². The highest BCUT2D eigenvalue weighted by molar-refractivity contribution is 6.04. The summed E-state index contributed by atoms with van der Waals surface area (Å²) in [5.74, 6) is -0.0741. The molecule has 0 atom stereocenters. The summed E-state index contributed by atoms with van der Waals surface area (Å²) >= 11 is 0. The lowest BCUT2D eigenvalue weighted by atomic mass is 10.2. The molecule has 0 aliphatic rings. The maximum Gasteiger partial charge on any atom is 0.258 e. The summed E-state index contributed by atoms with van der Waals surface area (Å²) in [6, 6.07) is 5.02. The van der Waals surface area contributed by atoms with Crippen LogP contribution in [0.1, 0.15) is 22.8 Å². The summed E-state index contributed by atoms with van der Waals surface area (Å²) in [5.41, 5.74) is 1.83. The molecular formula is C13H15N3O2. The first kappa shape index (κ1) is 12.2. The first-order valence-electron chi connectivity index (χ1n) is 5.73. The molecule has 2 N–H and O–H groups in total. The van der Waals surface area contributed by atoms with Gasteiger partial charge in [0.25, 0.3) is 5.91 Å². The second-order valence-corrected chi connectivity index (χ2v) is 4.04. The predicted molar refractivity (Wildman–Crippen MR) is 68.7 cm³/mol. The van der Waals surface area contributed by atoms with Gasteiger partial charge in [0.15, 0.2) is 0 Å². The zero-order valence-electron chi connectivity index (χ0n) is 10.3. The van der Waals surface area contributed by atoms with Gasteiger partial charge in [0.1, 0.15) is 5.75 Å². The lowest BCUT2D eigenvalue weighted by molar-refractivity contribution is 0.102. The molecule has 2 aromatic rings. The van der Waals surface area contributed by atoms with E-state index in [0.29, 0.717) is 11.3 Å². The van der Waals surface area contributed by atoms with Crippen LogP contribution in [0.3, 0.4) is 0 Å². The molecule has 0 aliphatic carbocycles. The molecule has 1 aromatic heterocycles. The number of benzene rings is 1. The SMILES string of the molecule is CCn1cc(C(=O)Nc2ccc(C)c(O)c2)cn1. The van der Waals surface area contributed by atoms with Crippen molar-refractivity contribution in [2.45, 2.75) is 20.4 Å². The van der Waals surface area contributed by atoms with Crippen LogP contribution in [0.2, 0.25) is 0 Å². The molecule has 5 nitrogen and oxygen atoms in total. The van der Waals surface area contributed by atoms with Crippen molar-refractivity contribution in [1.29, 1.82) is 0 Å². The van der Waals surface area contributed by atoms with Gasteiger partial charge in [0, 0.05) is 24.5 Å². The Balaban J connectivity index is 2.13. The molecular weight excluding hydrogens is 230 g/mol. The molecule has 0 fully saturated rings. The van der Waals surface area contributed by atoms with E-state index in [4.69, 9.17) is 0 Å². The van der Waals surface area contributed by atoms with Crippen molar-refractivity contribution in [3.63, 3.8) is 0 Å². The molecule has 1 aromatic carbocycles. The van der Waals surface area contributed by atoms with Gasteiger partial charge in [-0.2, -0.15) is 5.10 Å². The third kappa shape index (κ3) is 2.51. The summed E-state index contributed by atoms with van der Waals surface area (Å²) < 4.78 is 1.68. The van der Waals surface area contributed by atoms with Crippen molar-refractivity contribution in [1.82, 2.24) is 9.78 Å². The van der Waals surface area contributed by atoms with Crippen molar-refractivity contribution >= 4 is 11.6 Å². The minimum atomic E-state index is -0.238. The monoisotopic (exact) mass is 245 g/mol. The van der Waals surface area contributed by atoms with Gasteiger partial charge in [-0.25, -0.2) is 0 Å². The number of hydrogen-bond donors (Lipinski definition) is 2. The minimum Gasteiger partial charge on any atom is -0.508 e. The number of rotatable bonds is 3. The van der Waals surface area contributed by atoms with E-state index in [1.165, 1.54) is 12.3 Å². The number of anilines is 1. The molecule has 0 unspecified atom stereocenters. The number of hydrogen-bond acceptors (Lipinski definition) is 3. The third-order valence-corrected chi connectivity index (χ3v) is 2.69. The fourth-order valence-electron chi connectivity index (χ4n) is 1.54. The lowest BCUT2D eigenvalue weighted by Gasteiger charge is -2.05. The van der Waals surface area contributed by atoms with Crippen LogP contribution in [0, 0.1) is 6.92 Å². The average molecular weight is 245 g/mol. The molecule has 0 spiro atoms. The van der Waals surface area contributed by atoms with Crippen molar-refractivity contribution in [2.75, 3.05) is 5.32 Å². The second kappa shape index (κ2) is 4.91. The van der Waals surface area contributed by atoms with E-state index >= 15 is 0 Å². The van der Waals surface area contributed by atoms with Crippen molar-refractivity contribution in [3.8, 4) is 5.75 Å². The van der Waals surface area contributed by atoms with Gasteiger partial charge < -0.3 is 10.4 Å². The number of phenols is 1. The van der Waals surface area contributed by atoms with Crippen LogP contribution >= 0.6 is 0 Å². The van der Waals surface area contributed by atoms with E-state index in [0.717, 1.165) is 12.1 Å². The van der Waals surface area contributed by atoms with Gasteiger partial charge in [-0.05, 0) is 25.5 Å². The summed E-state index contributed by atoms with van der Waals surface area (Å²) in [7, 11) is 0. The van der Waals surface area contributed by atoms with E-state index in [-0.39, 0.29) is 11.7 Å². The Morgan fingerprint density at radius 1 is 1.50 bits per heavy atom. The summed E-state index contributed by atoms with van der Waals surface area (Å²) in [6.45, 7) is 4.47. The van der Waals surface area contributed by atoms with Crippen LogP contribution < -0.4 is 5.32 Å². The molecule has 5 heteroatoms. The molecule has 0 saturated heterocycles. The highest BCUT2D eigenvalue weighted by atomic mass is 16.3. The van der Waals surface area contributed by atoms with E-state index < -0.39 is 0 Å². The maximum absolute atomic E-state index is 11.9. The third-order valence-electron chi connectivity index (χ3n) is 2.69. The number of aromatic nitrogens is 2. The van der Waals surface area contributed by atoms with Crippen LogP contribution in [0.15, 0.2) is 30.6 Å². The Hall–Kier alpha value is -2.30. The number of phenolic OH excluding ortho intramolecular Hbond substituents is 1. The molecule has 0 bridgehead atoms. The molecule has 2 rings (SSSR count). The average Bonchev–Trinajstić information content (AvgIpc) is 2.82. The van der Waals surface area contributed by atoms with Crippen molar-refractivity contribution in [3.05, 3.63) is 41.7 Å². The van der Waals surface area contributed by atoms with Crippen molar-refractivity contribution in [2.24, 2.45) is 0 Å². The molecule has 0 radical (unpaired) electrons. The number of aryl methyl sites for hydroxylation is 2. The normalized spacial score (nSPS) is 10.3.